The van der Waals surface area contributed by atoms with E-state index in [0.717, 1.165) is 34.4 Å². The zero-order valence-corrected chi connectivity index (χ0v) is 19.6. The molecule has 0 unspecified atom stereocenters. The smallest absolute Gasteiger partial charge is 0.241 e. The van der Waals surface area contributed by atoms with Gasteiger partial charge in [-0.25, -0.2) is 13.1 Å². The topological polar surface area (TPSA) is 75.3 Å². The second-order valence-electron chi connectivity index (χ2n) is 7.91. The summed E-state index contributed by atoms with van der Waals surface area (Å²) >= 11 is 0. The van der Waals surface area contributed by atoms with Gasteiger partial charge in [-0.15, -0.1) is 0 Å². The molecular formula is C26H30N2O3S. The first kappa shape index (κ1) is 23.7. The van der Waals surface area contributed by atoms with Crippen LogP contribution in [0.4, 0.5) is 5.69 Å². The fraction of sp³-hybridized carbons (Fsp3) is 0.269. The Labute approximate surface area is 190 Å². The Morgan fingerprint density at radius 1 is 0.938 bits per heavy atom. The Hall–Kier alpha value is -2.96. The largest absolute Gasteiger partial charge is 0.326 e. The quantitative estimate of drug-likeness (QED) is 0.472. The molecule has 0 aromatic heterocycles. The summed E-state index contributed by atoms with van der Waals surface area (Å²) < 4.78 is 28.1. The van der Waals surface area contributed by atoms with E-state index in [1.54, 1.807) is 24.3 Å². The Morgan fingerprint density at radius 2 is 1.62 bits per heavy atom. The molecule has 5 nitrogen and oxygen atoms in total. The molecule has 0 fully saturated rings. The van der Waals surface area contributed by atoms with Crippen LogP contribution in [0, 0.1) is 6.92 Å². The molecule has 6 heteroatoms. The van der Waals surface area contributed by atoms with Gasteiger partial charge in [0.15, 0.2) is 0 Å². The highest BCUT2D eigenvalue weighted by atomic mass is 32.2. The Bertz CT molecular complexity index is 1160. The molecule has 0 bridgehead atoms. The van der Waals surface area contributed by atoms with Crippen molar-refractivity contribution >= 4 is 21.6 Å². The Kier molecular flexibility index (Phi) is 7.83. The van der Waals surface area contributed by atoms with Gasteiger partial charge in [0.25, 0.3) is 0 Å². The monoisotopic (exact) mass is 450 g/mol. The summed E-state index contributed by atoms with van der Waals surface area (Å²) in [4.78, 5) is 12.7. The average molecular weight is 451 g/mol. The number of amides is 1. The zero-order valence-electron chi connectivity index (χ0n) is 18.8. The van der Waals surface area contributed by atoms with Gasteiger partial charge in [0, 0.05) is 18.2 Å². The van der Waals surface area contributed by atoms with Crippen molar-refractivity contribution in [2.24, 2.45) is 0 Å². The van der Waals surface area contributed by atoms with Gasteiger partial charge in [-0.3, -0.25) is 4.79 Å². The maximum atomic E-state index is 12.7. The number of carbonyl (C=O) groups is 1. The molecule has 0 aliphatic rings. The number of rotatable bonds is 9. The molecule has 0 radical (unpaired) electrons. The van der Waals surface area contributed by atoms with Crippen molar-refractivity contribution < 1.29 is 13.2 Å². The van der Waals surface area contributed by atoms with Crippen LogP contribution in [0.25, 0.3) is 0 Å². The summed E-state index contributed by atoms with van der Waals surface area (Å²) in [7, 11) is -3.64. The average Bonchev–Trinajstić information content (AvgIpc) is 2.79. The third-order valence-corrected chi connectivity index (χ3v) is 7.07. The standard InChI is InChI=1S/C26H30N2O3S/c1-4-22-12-8-9-19(2)26(22)27-25(29)18-15-21-13-16-24(17-14-21)32(30,31)28-20(3)23-10-6-5-7-11-23/h5-14,16-17,20,28H,4,15,18H2,1-3H3,(H,27,29)/t20-/m0/s1. The van der Waals surface area contributed by atoms with Crippen molar-refractivity contribution in [2.75, 3.05) is 5.32 Å². The summed E-state index contributed by atoms with van der Waals surface area (Å²) in [6.07, 6.45) is 1.71. The van der Waals surface area contributed by atoms with E-state index in [-0.39, 0.29) is 16.8 Å². The SMILES string of the molecule is CCc1cccc(C)c1NC(=O)CCc1ccc(S(=O)(=O)N[C@@H](C)c2ccccc2)cc1. The van der Waals surface area contributed by atoms with E-state index in [0.29, 0.717) is 12.8 Å². The van der Waals surface area contributed by atoms with Gasteiger partial charge < -0.3 is 5.32 Å². The highest BCUT2D eigenvalue weighted by Crippen LogP contribution is 2.22. The van der Waals surface area contributed by atoms with Crippen molar-refractivity contribution in [1.29, 1.82) is 0 Å². The number of sulfonamides is 1. The second-order valence-corrected chi connectivity index (χ2v) is 9.62. The molecule has 168 valence electrons. The van der Waals surface area contributed by atoms with E-state index in [9.17, 15) is 13.2 Å². The van der Waals surface area contributed by atoms with Crippen LogP contribution in [0.3, 0.4) is 0 Å². The van der Waals surface area contributed by atoms with Gasteiger partial charge in [0.05, 0.1) is 4.90 Å². The van der Waals surface area contributed by atoms with E-state index in [1.807, 2.05) is 62.4 Å². The van der Waals surface area contributed by atoms with Crippen LogP contribution in [0.1, 0.15) is 48.6 Å². The van der Waals surface area contributed by atoms with E-state index in [1.165, 1.54) is 0 Å². The van der Waals surface area contributed by atoms with Gasteiger partial charge in [0.1, 0.15) is 0 Å². The first-order valence-corrected chi connectivity index (χ1v) is 12.3. The Balaban J connectivity index is 1.59. The number of aryl methyl sites for hydroxylation is 3. The maximum absolute atomic E-state index is 12.7. The van der Waals surface area contributed by atoms with Crippen LogP contribution in [-0.4, -0.2) is 14.3 Å². The van der Waals surface area contributed by atoms with Gasteiger partial charge >= 0.3 is 0 Å². The lowest BCUT2D eigenvalue weighted by Crippen LogP contribution is -2.26. The molecule has 3 aromatic rings. The number of hydrogen-bond acceptors (Lipinski definition) is 3. The van der Waals surface area contributed by atoms with Crippen LogP contribution in [-0.2, 0) is 27.7 Å². The molecule has 1 atom stereocenters. The minimum Gasteiger partial charge on any atom is -0.326 e. The summed E-state index contributed by atoms with van der Waals surface area (Å²) in [5.74, 6) is -0.0518. The zero-order chi connectivity index (χ0) is 23.1. The van der Waals surface area contributed by atoms with E-state index < -0.39 is 10.0 Å². The lowest BCUT2D eigenvalue weighted by atomic mass is 10.1. The molecule has 3 rings (SSSR count). The van der Waals surface area contributed by atoms with Crippen molar-refractivity contribution in [3.05, 3.63) is 95.1 Å². The minimum absolute atomic E-state index is 0.0518. The number of carbonyl (C=O) groups excluding carboxylic acids is 1. The molecule has 2 N–H and O–H groups in total. The number of nitrogens with one attached hydrogen (secondary N) is 2. The maximum Gasteiger partial charge on any atom is 0.241 e. The third-order valence-electron chi connectivity index (χ3n) is 5.51. The van der Waals surface area contributed by atoms with Crippen molar-refractivity contribution in [2.45, 2.75) is 51.0 Å². The molecule has 0 spiro atoms. The number of anilines is 1. The van der Waals surface area contributed by atoms with Gasteiger partial charge in [-0.2, -0.15) is 0 Å². The highest BCUT2D eigenvalue weighted by molar-refractivity contribution is 7.89. The van der Waals surface area contributed by atoms with Crippen molar-refractivity contribution in [1.82, 2.24) is 4.72 Å². The number of para-hydroxylation sites is 1. The molecule has 0 saturated heterocycles. The molecule has 1 amide bonds. The van der Waals surface area contributed by atoms with Crippen LogP contribution >= 0.6 is 0 Å². The fourth-order valence-corrected chi connectivity index (χ4v) is 4.84. The van der Waals surface area contributed by atoms with E-state index in [2.05, 4.69) is 17.0 Å². The summed E-state index contributed by atoms with van der Waals surface area (Å²) in [6.45, 7) is 5.87. The van der Waals surface area contributed by atoms with Crippen LogP contribution in [0.15, 0.2) is 77.7 Å². The summed E-state index contributed by atoms with van der Waals surface area (Å²) in [5.41, 5.74) is 4.86. The van der Waals surface area contributed by atoms with Crippen molar-refractivity contribution in [3.8, 4) is 0 Å². The molecule has 32 heavy (non-hydrogen) atoms. The molecule has 0 heterocycles. The van der Waals surface area contributed by atoms with E-state index >= 15 is 0 Å². The molecule has 0 aliphatic heterocycles. The summed E-state index contributed by atoms with van der Waals surface area (Å²) in [5, 5.41) is 3.03. The predicted molar refractivity (Wildman–Crippen MR) is 129 cm³/mol. The van der Waals surface area contributed by atoms with Gasteiger partial charge in [0.2, 0.25) is 15.9 Å². The molecule has 0 saturated carbocycles. The minimum atomic E-state index is -3.64. The second kappa shape index (κ2) is 10.6. The lowest BCUT2D eigenvalue weighted by Gasteiger charge is -2.15. The lowest BCUT2D eigenvalue weighted by molar-refractivity contribution is -0.116. The third kappa shape index (κ3) is 6.05. The first-order chi connectivity index (χ1) is 15.3. The first-order valence-electron chi connectivity index (χ1n) is 10.8. The van der Waals surface area contributed by atoms with Gasteiger partial charge in [-0.05, 0) is 61.1 Å². The van der Waals surface area contributed by atoms with Crippen molar-refractivity contribution in [3.63, 3.8) is 0 Å². The number of hydrogen-bond donors (Lipinski definition) is 2. The summed E-state index contributed by atoms with van der Waals surface area (Å²) in [6, 6.07) is 21.8. The molecular weight excluding hydrogens is 420 g/mol. The highest BCUT2D eigenvalue weighted by Gasteiger charge is 2.18. The fourth-order valence-electron chi connectivity index (χ4n) is 3.61. The van der Waals surface area contributed by atoms with Crippen LogP contribution < -0.4 is 10.0 Å². The number of benzene rings is 3. The van der Waals surface area contributed by atoms with E-state index in [4.69, 9.17) is 0 Å². The van der Waals surface area contributed by atoms with Crippen LogP contribution in [0.2, 0.25) is 0 Å². The molecule has 0 aliphatic carbocycles. The predicted octanol–water partition coefficient (Wildman–Crippen LogP) is 5.17. The molecule has 3 aromatic carbocycles. The Morgan fingerprint density at radius 3 is 2.28 bits per heavy atom. The van der Waals surface area contributed by atoms with Gasteiger partial charge in [-0.1, -0.05) is 67.6 Å². The normalized spacial score (nSPS) is 12.3. The van der Waals surface area contributed by atoms with Crippen LogP contribution in [0.5, 0.6) is 0 Å².